The number of nitrogens with zero attached hydrogens (tertiary/aromatic N) is 2. The highest BCUT2D eigenvalue weighted by Crippen LogP contribution is 2.23. The molecule has 0 atom stereocenters. The van der Waals surface area contributed by atoms with Crippen molar-refractivity contribution in [2.24, 2.45) is 4.99 Å². The standard InChI is InChI=1S/C10H10N2/c1-7-3-9-10(11-5-7)4-8(2)6-12-9/h4-6H,1,3H2,2H3. The SMILES string of the molecule is C=C1C=Nc2cc(C)cnc2C1. The van der Waals surface area contributed by atoms with Crippen molar-refractivity contribution >= 4 is 11.9 Å². The molecule has 1 aromatic heterocycles. The predicted octanol–water partition coefficient (Wildman–Crippen LogP) is 2.20. The van der Waals surface area contributed by atoms with Crippen LogP contribution in [0.1, 0.15) is 11.3 Å². The Balaban J connectivity index is 2.54. The van der Waals surface area contributed by atoms with Crippen LogP contribution in [0.4, 0.5) is 5.69 Å². The smallest absolute Gasteiger partial charge is 0.0851 e. The fraction of sp³-hybridized carbons (Fsp3) is 0.200. The molecule has 0 saturated heterocycles. The van der Waals surface area contributed by atoms with Gasteiger partial charge < -0.3 is 0 Å². The third-order valence-corrected chi connectivity index (χ3v) is 1.86. The summed E-state index contributed by atoms with van der Waals surface area (Å²) < 4.78 is 0. The van der Waals surface area contributed by atoms with E-state index in [0.717, 1.165) is 28.9 Å². The molecule has 0 radical (unpaired) electrons. The third kappa shape index (κ3) is 1.16. The van der Waals surface area contributed by atoms with Crippen molar-refractivity contribution in [3.63, 3.8) is 0 Å². The lowest BCUT2D eigenvalue weighted by Crippen LogP contribution is -1.99. The maximum absolute atomic E-state index is 4.29. The highest BCUT2D eigenvalue weighted by Gasteiger charge is 2.08. The minimum Gasteiger partial charge on any atom is -0.258 e. The van der Waals surface area contributed by atoms with E-state index in [1.807, 2.05) is 25.4 Å². The maximum Gasteiger partial charge on any atom is 0.0851 e. The van der Waals surface area contributed by atoms with Crippen LogP contribution in [0.2, 0.25) is 0 Å². The third-order valence-electron chi connectivity index (χ3n) is 1.86. The Morgan fingerprint density at radius 1 is 1.50 bits per heavy atom. The number of hydrogen-bond acceptors (Lipinski definition) is 2. The summed E-state index contributed by atoms with van der Waals surface area (Å²) in [5, 5.41) is 0. The number of aliphatic imine (C=N–C) groups is 1. The van der Waals surface area contributed by atoms with Gasteiger partial charge in [-0.05, 0) is 24.1 Å². The first kappa shape index (κ1) is 7.22. The lowest BCUT2D eigenvalue weighted by Gasteiger charge is -2.09. The van der Waals surface area contributed by atoms with Gasteiger partial charge in [-0.1, -0.05) is 6.58 Å². The first-order valence-electron chi connectivity index (χ1n) is 3.93. The Morgan fingerprint density at radius 3 is 3.17 bits per heavy atom. The van der Waals surface area contributed by atoms with Crippen molar-refractivity contribution < 1.29 is 0 Å². The molecule has 0 saturated carbocycles. The van der Waals surface area contributed by atoms with Crippen LogP contribution >= 0.6 is 0 Å². The molecule has 0 bridgehead atoms. The van der Waals surface area contributed by atoms with E-state index in [1.165, 1.54) is 0 Å². The zero-order chi connectivity index (χ0) is 8.55. The van der Waals surface area contributed by atoms with Crippen LogP contribution in [0, 0.1) is 6.92 Å². The second-order valence-corrected chi connectivity index (χ2v) is 3.07. The number of hydrogen-bond donors (Lipinski definition) is 0. The van der Waals surface area contributed by atoms with E-state index in [0.29, 0.717) is 0 Å². The molecule has 0 aliphatic carbocycles. The number of aryl methyl sites for hydroxylation is 1. The first-order valence-corrected chi connectivity index (χ1v) is 3.93. The Hall–Kier alpha value is -1.44. The Morgan fingerprint density at radius 2 is 2.33 bits per heavy atom. The van der Waals surface area contributed by atoms with E-state index < -0.39 is 0 Å². The molecule has 12 heavy (non-hydrogen) atoms. The lowest BCUT2D eigenvalue weighted by molar-refractivity contribution is 1.06. The summed E-state index contributed by atoms with van der Waals surface area (Å²) in [4.78, 5) is 8.54. The number of rotatable bonds is 0. The van der Waals surface area contributed by atoms with Gasteiger partial charge in [0.15, 0.2) is 0 Å². The number of pyridine rings is 1. The van der Waals surface area contributed by atoms with Gasteiger partial charge in [-0.15, -0.1) is 0 Å². The van der Waals surface area contributed by atoms with Gasteiger partial charge in [0.25, 0.3) is 0 Å². The monoisotopic (exact) mass is 158 g/mol. The van der Waals surface area contributed by atoms with Gasteiger partial charge in [-0.2, -0.15) is 0 Å². The van der Waals surface area contributed by atoms with Crippen molar-refractivity contribution in [2.45, 2.75) is 13.3 Å². The number of fused-ring (bicyclic) bond motifs is 1. The molecule has 0 fully saturated rings. The van der Waals surface area contributed by atoms with E-state index in [4.69, 9.17) is 0 Å². The van der Waals surface area contributed by atoms with Gasteiger partial charge in [-0.25, -0.2) is 0 Å². The second kappa shape index (κ2) is 2.55. The maximum atomic E-state index is 4.29. The van der Waals surface area contributed by atoms with E-state index in [9.17, 15) is 0 Å². The molecule has 0 amide bonds. The Bertz CT molecular complexity index is 364. The second-order valence-electron chi connectivity index (χ2n) is 3.07. The minimum absolute atomic E-state index is 0.832. The van der Waals surface area contributed by atoms with Gasteiger partial charge in [0.1, 0.15) is 0 Å². The summed E-state index contributed by atoms with van der Waals surface area (Å²) >= 11 is 0. The van der Waals surface area contributed by atoms with Crippen LogP contribution < -0.4 is 0 Å². The van der Waals surface area contributed by atoms with Crippen LogP contribution in [0.25, 0.3) is 0 Å². The molecular formula is C10H10N2. The van der Waals surface area contributed by atoms with Crippen LogP contribution in [-0.2, 0) is 6.42 Å². The summed E-state index contributed by atoms with van der Waals surface area (Å²) in [6.45, 7) is 5.87. The van der Waals surface area contributed by atoms with Gasteiger partial charge in [0, 0.05) is 18.8 Å². The van der Waals surface area contributed by atoms with Gasteiger partial charge in [0.2, 0.25) is 0 Å². The molecular weight excluding hydrogens is 148 g/mol. The quantitative estimate of drug-likeness (QED) is 0.568. The zero-order valence-corrected chi connectivity index (χ0v) is 7.04. The van der Waals surface area contributed by atoms with Gasteiger partial charge in [-0.3, -0.25) is 9.98 Å². The van der Waals surface area contributed by atoms with Gasteiger partial charge >= 0.3 is 0 Å². The van der Waals surface area contributed by atoms with E-state index >= 15 is 0 Å². The van der Waals surface area contributed by atoms with Gasteiger partial charge in [0.05, 0.1) is 11.4 Å². The highest BCUT2D eigenvalue weighted by molar-refractivity contribution is 5.83. The van der Waals surface area contributed by atoms with Crippen LogP contribution in [0.15, 0.2) is 29.4 Å². The normalized spacial score (nSPS) is 14.6. The minimum atomic E-state index is 0.832. The van der Waals surface area contributed by atoms with E-state index in [-0.39, 0.29) is 0 Å². The molecule has 0 spiro atoms. The molecule has 0 N–H and O–H groups in total. The van der Waals surface area contributed by atoms with Crippen LogP contribution in [0.3, 0.4) is 0 Å². The molecule has 60 valence electrons. The van der Waals surface area contributed by atoms with Crippen molar-refractivity contribution in [2.75, 3.05) is 0 Å². The summed E-state index contributed by atoms with van der Waals surface area (Å²) in [7, 11) is 0. The number of allylic oxidation sites excluding steroid dienone is 1. The van der Waals surface area contributed by atoms with Crippen molar-refractivity contribution in [3.05, 3.63) is 35.7 Å². The molecule has 1 aromatic rings. The average Bonchev–Trinajstić information content (AvgIpc) is 2.05. The topological polar surface area (TPSA) is 25.2 Å². The summed E-state index contributed by atoms with van der Waals surface area (Å²) in [5.74, 6) is 0. The molecule has 2 heterocycles. The molecule has 2 rings (SSSR count). The first-order chi connectivity index (χ1) is 5.75. The largest absolute Gasteiger partial charge is 0.258 e. The predicted molar refractivity (Wildman–Crippen MR) is 50.0 cm³/mol. The zero-order valence-electron chi connectivity index (χ0n) is 7.04. The molecule has 0 aromatic carbocycles. The van der Waals surface area contributed by atoms with E-state index in [1.54, 1.807) is 0 Å². The average molecular weight is 158 g/mol. The summed E-state index contributed by atoms with van der Waals surface area (Å²) in [6, 6.07) is 2.05. The van der Waals surface area contributed by atoms with Crippen molar-refractivity contribution in [1.29, 1.82) is 0 Å². The van der Waals surface area contributed by atoms with Crippen molar-refractivity contribution in [1.82, 2.24) is 4.98 Å². The summed E-state index contributed by atoms with van der Waals surface area (Å²) in [5.41, 5.74) is 4.20. The molecule has 1 aliphatic heterocycles. The molecule has 2 heteroatoms. The molecule has 1 aliphatic rings. The highest BCUT2D eigenvalue weighted by atomic mass is 14.8. The number of aromatic nitrogens is 1. The lowest BCUT2D eigenvalue weighted by atomic mass is 10.1. The fourth-order valence-electron chi connectivity index (χ4n) is 1.25. The van der Waals surface area contributed by atoms with Crippen LogP contribution in [0.5, 0.6) is 0 Å². The molecule has 0 unspecified atom stereocenters. The van der Waals surface area contributed by atoms with Crippen LogP contribution in [-0.4, -0.2) is 11.2 Å². The molecule has 2 nitrogen and oxygen atoms in total. The van der Waals surface area contributed by atoms with Crippen molar-refractivity contribution in [3.8, 4) is 0 Å². The fourth-order valence-corrected chi connectivity index (χ4v) is 1.25. The Kier molecular flexibility index (Phi) is 1.54. The Labute approximate surface area is 71.7 Å². The van der Waals surface area contributed by atoms with E-state index in [2.05, 4.69) is 16.6 Å². The summed E-state index contributed by atoms with van der Waals surface area (Å²) in [6.07, 6.45) is 4.51.